The van der Waals surface area contributed by atoms with Gasteiger partial charge in [-0.15, -0.1) is 0 Å². The summed E-state index contributed by atoms with van der Waals surface area (Å²) in [5, 5.41) is 0.204. The third kappa shape index (κ3) is 3.33. The van der Waals surface area contributed by atoms with Gasteiger partial charge in [-0.25, -0.2) is 13.1 Å². The number of rotatable bonds is 4. The maximum atomic E-state index is 12.4. The molecule has 0 amide bonds. The first kappa shape index (κ1) is 15.3. The molecular formula is C14H13Cl2NO2S. The van der Waals surface area contributed by atoms with Crippen LogP contribution in [0.15, 0.2) is 53.4 Å². The Morgan fingerprint density at radius 3 is 2.05 bits per heavy atom. The van der Waals surface area contributed by atoms with E-state index in [1.807, 2.05) is 30.3 Å². The SMILES string of the molecule is C[C@H](NS(=O)(=O)c1c(Cl)cccc1Cl)c1ccccc1. The average molecular weight is 330 g/mol. The molecule has 106 valence electrons. The fourth-order valence-electron chi connectivity index (χ4n) is 1.84. The van der Waals surface area contributed by atoms with E-state index in [1.165, 1.54) is 12.1 Å². The molecular weight excluding hydrogens is 317 g/mol. The number of nitrogens with one attached hydrogen (secondary N) is 1. The highest BCUT2D eigenvalue weighted by atomic mass is 35.5. The van der Waals surface area contributed by atoms with Crippen molar-refractivity contribution in [3.8, 4) is 0 Å². The number of hydrogen-bond acceptors (Lipinski definition) is 2. The van der Waals surface area contributed by atoms with Gasteiger partial charge in [0.1, 0.15) is 4.90 Å². The minimum Gasteiger partial charge on any atom is -0.207 e. The summed E-state index contributed by atoms with van der Waals surface area (Å²) in [6, 6.07) is 13.5. The van der Waals surface area contributed by atoms with E-state index in [-0.39, 0.29) is 21.0 Å². The largest absolute Gasteiger partial charge is 0.244 e. The molecule has 0 spiro atoms. The first-order valence-electron chi connectivity index (χ1n) is 5.93. The topological polar surface area (TPSA) is 46.2 Å². The van der Waals surface area contributed by atoms with Crippen LogP contribution in [0.2, 0.25) is 10.0 Å². The van der Waals surface area contributed by atoms with Gasteiger partial charge in [-0.3, -0.25) is 0 Å². The van der Waals surface area contributed by atoms with E-state index in [4.69, 9.17) is 23.2 Å². The molecule has 0 bridgehead atoms. The second-order valence-corrected chi connectivity index (χ2v) is 6.77. The van der Waals surface area contributed by atoms with Crippen molar-refractivity contribution in [2.45, 2.75) is 17.9 Å². The fourth-order valence-corrected chi connectivity index (χ4v) is 4.22. The summed E-state index contributed by atoms with van der Waals surface area (Å²) in [6.07, 6.45) is 0. The molecule has 0 aliphatic heterocycles. The van der Waals surface area contributed by atoms with Crippen LogP contribution in [-0.4, -0.2) is 8.42 Å². The summed E-state index contributed by atoms with van der Waals surface area (Å²) in [5.74, 6) is 0. The van der Waals surface area contributed by atoms with Crippen LogP contribution in [0.4, 0.5) is 0 Å². The standard InChI is InChI=1S/C14H13Cl2NO2S/c1-10(11-6-3-2-4-7-11)17-20(18,19)14-12(15)8-5-9-13(14)16/h2-10,17H,1H3/t10-/m0/s1. The van der Waals surface area contributed by atoms with E-state index < -0.39 is 10.0 Å². The lowest BCUT2D eigenvalue weighted by molar-refractivity contribution is 0.567. The van der Waals surface area contributed by atoms with Gasteiger partial charge in [0.2, 0.25) is 10.0 Å². The molecule has 0 aliphatic carbocycles. The molecule has 0 heterocycles. The van der Waals surface area contributed by atoms with E-state index in [1.54, 1.807) is 13.0 Å². The van der Waals surface area contributed by atoms with Crippen molar-refractivity contribution in [2.75, 3.05) is 0 Å². The molecule has 1 N–H and O–H groups in total. The van der Waals surface area contributed by atoms with Crippen molar-refractivity contribution in [1.29, 1.82) is 0 Å². The first-order chi connectivity index (χ1) is 9.42. The monoisotopic (exact) mass is 329 g/mol. The third-order valence-corrected chi connectivity index (χ3v) is 5.31. The lowest BCUT2D eigenvalue weighted by atomic mass is 10.1. The lowest BCUT2D eigenvalue weighted by Crippen LogP contribution is -2.27. The van der Waals surface area contributed by atoms with Crippen LogP contribution < -0.4 is 4.72 Å². The zero-order chi connectivity index (χ0) is 14.8. The van der Waals surface area contributed by atoms with Gasteiger partial charge in [-0.2, -0.15) is 0 Å². The van der Waals surface area contributed by atoms with Gasteiger partial charge >= 0.3 is 0 Å². The molecule has 0 aliphatic rings. The van der Waals surface area contributed by atoms with Gasteiger partial charge in [0, 0.05) is 6.04 Å². The highest BCUT2D eigenvalue weighted by Crippen LogP contribution is 2.29. The molecule has 0 fully saturated rings. The van der Waals surface area contributed by atoms with Crippen molar-refractivity contribution in [3.63, 3.8) is 0 Å². The summed E-state index contributed by atoms with van der Waals surface area (Å²) >= 11 is 11.9. The van der Waals surface area contributed by atoms with Gasteiger partial charge in [-0.1, -0.05) is 59.6 Å². The summed E-state index contributed by atoms with van der Waals surface area (Å²) in [4.78, 5) is -0.0916. The van der Waals surface area contributed by atoms with Crippen LogP contribution >= 0.6 is 23.2 Å². The van der Waals surface area contributed by atoms with Crippen molar-refractivity contribution >= 4 is 33.2 Å². The molecule has 20 heavy (non-hydrogen) atoms. The number of halogens is 2. The third-order valence-electron chi connectivity index (χ3n) is 2.82. The minimum atomic E-state index is -3.78. The highest BCUT2D eigenvalue weighted by Gasteiger charge is 2.23. The van der Waals surface area contributed by atoms with E-state index >= 15 is 0 Å². The van der Waals surface area contributed by atoms with Crippen LogP contribution in [0.25, 0.3) is 0 Å². The Hall–Kier alpha value is -1.07. The maximum absolute atomic E-state index is 12.4. The van der Waals surface area contributed by atoms with Crippen LogP contribution in [0, 0.1) is 0 Å². The average Bonchev–Trinajstić information content (AvgIpc) is 2.38. The van der Waals surface area contributed by atoms with E-state index in [2.05, 4.69) is 4.72 Å². The predicted molar refractivity (Wildman–Crippen MR) is 81.6 cm³/mol. The molecule has 0 saturated heterocycles. The molecule has 0 unspecified atom stereocenters. The predicted octanol–water partition coefficient (Wildman–Crippen LogP) is 4.03. The van der Waals surface area contributed by atoms with Gasteiger partial charge in [0.25, 0.3) is 0 Å². The van der Waals surface area contributed by atoms with Crippen molar-refractivity contribution in [2.24, 2.45) is 0 Å². The number of sulfonamides is 1. The molecule has 0 radical (unpaired) electrons. The van der Waals surface area contributed by atoms with Crippen molar-refractivity contribution in [3.05, 3.63) is 64.1 Å². The van der Waals surface area contributed by atoms with E-state index in [9.17, 15) is 8.42 Å². The van der Waals surface area contributed by atoms with Crippen LogP contribution in [0.3, 0.4) is 0 Å². The quantitative estimate of drug-likeness (QED) is 0.920. The second kappa shape index (κ2) is 6.14. The summed E-state index contributed by atoms with van der Waals surface area (Å²) in [5.41, 5.74) is 0.860. The Morgan fingerprint density at radius 2 is 1.50 bits per heavy atom. The Kier molecular flexibility index (Phi) is 4.70. The molecule has 2 aromatic carbocycles. The Morgan fingerprint density at radius 1 is 0.950 bits per heavy atom. The fraction of sp³-hybridized carbons (Fsp3) is 0.143. The lowest BCUT2D eigenvalue weighted by Gasteiger charge is -2.16. The van der Waals surface area contributed by atoms with Gasteiger partial charge < -0.3 is 0 Å². The molecule has 3 nitrogen and oxygen atoms in total. The van der Waals surface area contributed by atoms with Crippen LogP contribution in [-0.2, 0) is 10.0 Å². The summed E-state index contributed by atoms with van der Waals surface area (Å²) in [7, 11) is -3.78. The summed E-state index contributed by atoms with van der Waals surface area (Å²) < 4.78 is 27.3. The Bertz CT molecular complexity index is 682. The van der Waals surface area contributed by atoms with E-state index in [0.29, 0.717) is 0 Å². The molecule has 2 rings (SSSR count). The van der Waals surface area contributed by atoms with Gasteiger partial charge in [0.15, 0.2) is 0 Å². The highest BCUT2D eigenvalue weighted by molar-refractivity contribution is 7.89. The number of benzene rings is 2. The first-order valence-corrected chi connectivity index (χ1v) is 8.17. The molecule has 6 heteroatoms. The molecule has 0 saturated carbocycles. The molecule has 2 aromatic rings. The smallest absolute Gasteiger partial charge is 0.207 e. The Labute approximate surface area is 128 Å². The Balaban J connectivity index is 2.33. The summed E-state index contributed by atoms with van der Waals surface area (Å²) in [6.45, 7) is 1.76. The zero-order valence-corrected chi connectivity index (χ0v) is 13.0. The van der Waals surface area contributed by atoms with Crippen LogP contribution in [0.5, 0.6) is 0 Å². The normalized spacial score (nSPS) is 13.2. The number of hydrogen-bond donors (Lipinski definition) is 1. The van der Waals surface area contributed by atoms with Crippen molar-refractivity contribution < 1.29 is 8.42 Å². The van der Waals surface area contributed by atoms with Gasteiger partial charge in [-0.05, 0) is 24.6 Å². The molecule has 0 aromatic heterocycles. The molecule has 1 atom stereocenters. The van der Waals surface area contributed by atoms with Gasteiger partial charge in [0.05, 0.1) is 10.0 Å². The van der Waals surface area contributed by atoms with Crippen molar-refractivity contribution in [1.82, 2.24) is 4.72 Å². The maximum Gasteiger partial charge on any atom is 0.244 e. The van der Waals surface area contributed by atoms with Crippen LogP contribution in [0.1, 0.15) is 18.5 Å². The second-order valence-electron chi connectivity index (χ2n) is 4.30. The minimum absolute atomic E-state index is 0.0916. The zero-order valence-electron chi connectivity index (χ0n) is 10.7. The van der Waals surface area contributed by atoms with E-state index in [0.717, 1.165) is 5.56 Å².